The maximum atomic E-state index is 13.9. The van der Waals surface area contributed by atoms with E-state index in [9.17, 15) is 9.18 Å². The maximum absolute atomic E-state index is 13.9. The molecule has 0 aliphatic carbocycles. The largest absolute Gasteiger partial charge is 0.355 e. The number of hydrogen-bond acceptors (Lipinski definition) is 4. The third-order valence-electron chi connectivity index (χ3n) is 4.46. The zero-order chi connectivity index (χ0) is 17.2. The van der Waals surface area contributed by atoms with E-state index in [0.717, 1.165) is 12.8 Å². The van der Waals surface area contributed by atoms with Gasteiger partial charge in [-0.25, -0.2) is 4.39 Å². The van der Waals surface area contributed by atoms with Crippen molar-refractivity contribution in [2.75, 3.05) is 6.54 Å². The minimum atomic E-state index is -0.407. The van der Waals surface area contributed by atoms with Gasteiger partial charge in [0, 0.05) is 25.0 Å². The molecule has 25 heavy (non-hydrogen) atoms. The molecule has 3 heterocycles. The number of carbonyl (C=O) groups excluding carboxylic acids is 1. The summed E-state index contributed by atoms with van der Waals surface area (Å²) in [4.78, 5) is 14.6. The lowest BCUT2D eigenvalue weighted by atomic mass is 10.1. The van der Waals surface area contributed by atoms with E-state index in [0.29, 0.717) is 18.7 Å². The molecule has 0 unspecified atom stereocenters. The topological polar surface area (TPSA) is 64.2 Å². The van der Waals surface area contributed by atoms with Crippen LogP contribution >= 0.6 is 0 Å². The van der Waals surface area contributed by atoms with E-state index in [1.54, 1.807) is 29.3 Å². The first-order chi connectivity index (χ1) is 12.2. The molecule has 7 heteroatoms. The molecule has 3 aromatic rings. The summed E-state index contributed by atoms with van der Waals surface area (Å²) in [6, 6.07) is 9.69. The molecule has 0 spiro atoms. The van der Waals surface area contributed by atoms with Crippen molar-refractivity contribution in [3.05, 3.63) is 60.3 Å². The van der Waals surface area contributed by atoms with Gasteiger partial charge >= 0.3 is 0 Å². The van der Waals surface area contributed by atoms with Crippen LogP contribution in [0.5, 0.6) is 0 Å². The number of carbonyl (C=O) groups is 1. The van der Waals surface area contributed by atoms with Gasteiger partial charge < -0.3 is 9.42 Å². The number of likely N-dealkylation sites (tertiary alicyclic amines) is 1. The number of nitrogens with zero attached hydrogens (tertiary/aromatic N) is 4. The molecule has 1 fully saturated rings. The summed E-state index contributed by atoms with van der Waals surface area (Å²) in [6.07, 6.45) is 5.46. The summed E-state index contributed by atoms with van der Waals surface area (Å²) < 4.78 is 20.9. The zero-order valence-corrected chi connectivity index (χ0v) is 13.5. The molecule has 1 saturated heterocycles. The Morgan fingerprint density at radius 3 is 3.00 bits per heavy atom. The summed E-state index contributed by atoms with van der Waals surface area (Å²) in [6.45, 7) is 1.32. The molecule has 0 saturated carbocycles. The van der Waals surface area contributed by atoms with E-state index < -0.39 is 5.82 Å². The highest BCUT2D eigenvalue weighted by Gasteiger charge is 2.31. The Morgan fingerprint density at radius 1 is 1.32 bits per heavy atom. The average molecular weight is 340 g/mol. The highest BCUT2D eigenvalue weighted by atomic mass is 19.1. The number of amides is 1. The molecule has 0 radical (unpaired) electrons. The number of hydrogen-bond donors (Lipinski definition) is 0. The van der Waals surface area contributed by atoms with Crippen LogP contribution in [0, 0.1) is 5.82 Å². The fraction of sp³-hybridized carbons (Fsp3) is 0.278. The fourth-order valence-electron chi connectivity index (χ4n) is 3.23. The van der Waals surface area contributed by atoms with Crippen LogP contribution in [0.1, 0.15) is 23.3 Å². The standard InChI is InChI=1S/C18H17FN4O2/c19-15-7-2-1-6-14(15)17-11-16(21-25-17)18(24)23-10-3-5-13(23)12-22-9-4-8-20-22/h1-2,4,6-9,11,13H,3,5,10,12H2/t13-/m1/s1. The normalized spacial score (nSPS) is 17.2. The second-order valence-electron chi connectivity index (χ2n) is 6.08. The lowest BCUT2D eigenvalue weighted by Crippen LogP contribution is -2.38. The number of benzene rings is 1. The summed E-state index contributed by atoms with van der Waals surface area (Å²) >= 11 is 0. The summed E-state index contributed by atoms with van der Waals surface area (Å²) in [5.41, 5.74) is 0.495. The van der Waals surface area contributed by atoms with Gasteiger partial charge in [-0.05, 0) is 31.0 Å². The quantitative estimate of drug-likeness (QED) is 0.732. The predicted molar refractivity (Wildman–Crippen MR) is 88.2 cm³/mol. The molecule has 0 bridgehead atoms. The van der Waals surface area contributed by atoms with Gasteiger partial charge in [0.05, 0.1) is 18.2 Å². The van der Waals surface area contributed by atoms with Crippen LogP contribution in [0.25, 0.3) is 11.3 Å². The molecular formula is C18H17FN4O2. The first kappa shape index (κ1) is 15.6. The third-order valence-corrected chi connectivity index (χ3v) is 4.46. The summed E-state index contributed by atoms with van der Waals surface area (Å²) in [7, 11) is 0. The van der Waals surface area contributed by atoms with E-state index in [2.05, 4.69) is 10.3 Å². The van der Waals surface area contributed by atoms with Crippen molar-refractivity contribution in [1.82, 2.24) is 19.8 Å². The SMILES string of the molecule is O=C(c1cc(-c2ccccc2F)on1)N1CCC[C@@H]1Cn1cccn1. The Bertz CT molecular complexity index is 875. The smallest absolute Gasteiger partial charge is 0.276 e. The van der Waals surface area contributed by atoms with E-state index in [-0.39, 0.29) is 23.4 Å². The van der Waals surface area contributed by atoms with E-state index in [4.69, 9.17) is 4.52 Å². The first-order valence-electron chi connectivity index (χ1n) is 8.22. The Labute approximate surface area is 143 Å². The van der Waals surface area contributed by atoms with Crippen molar-refractivity contribution in [3.8, 4) is 11.3 Å². The zero-order valence-electron chi connectivity index (χ0n) is 13.5. The van der Waals surface area contributed by atoms with E-state index in [1.165, 1.54) is 12.1 Å². The van der Waals surface area contributed by atoms with Crippen molar-refractivity contribution >= 4 is 5.91 Å². The third kappa shape index (κ3) is 3.05. The van der Waals surface area contributed by atoms with Crippen molar-refractivity contribution in [2.45, 2.75) is 25.4 Å². The Kier molecular flexibility index (Phi) is 4.05. The molecule has 128 valence electrons. The van der Waals surface area contributed by atoms with Crippen LogP contribution < -0.4 is 0 Å². The van der Waals surface area contributed by atoms with Gasteiger partial charge in [0.1, 0.15) is 5.82 Å². The Hall–Kier alpha value is -2.96. The van der Waals surface area contributed by atoms with Crippen LogP contribution in [0.4, 0.5) is 4.39 Å². The van der Waals surface area contributed by atoms with E-state index >= 15 is 0 Å². The van der Waals surface area contributed by atoms with Crippen LogP contribution in [-0.2, 0) is 6.54 Å². The predicted octanol–water partition coefficient (Wildman–Crippen LogP) is 2.98. The fourth-order valence-corrected chi connectivity index (χ4v) is 3.23. The van der Waals surface area contributed by atoms with Gasteiger partial charge in [0.2, 0.25) is 0 Å². The highest BCUT2D eigenvalue weighted by Crippen LogP contribution is 2.26. The van der Waals surface area contributed by atoms with Gasteiger partial charge in [0.15, 0.2) is 11.5 Å². The Balaban J connectivity index is 1.54. The molecule has 2 aromatic heterocycles. The molecule has 6 nitrogen and oxygen atoms in total. The Morgan fingerprint density at radius 2 is 2.20 bits per heavy atom. The molecule has 1 atom stereocenters. The van der Waals surface area contributed by atoms with Gasteiger partial charge in [-0.1, -0.05) is 17.3 Å². The second-order valence-corrected chi connectivity index (χ2v) is 6.08. The van der Waals surface area contributed by atoms with Gasteiger partial charge in [-0.15, -0.1) is 0 Å². The maximum Gasteiger partial charge on any atom is 0.276 e. The minimum absolute atomic E-state index is 0.0704. The molecule has 4 rings (SSSR count). The number of rotatable bonds is 4. The van der Waals surface area contributed by atoms with Gasteiger partial charge in [-0.2, -0.15) is 5.10 Å². The van der Waals surface area contributed by atoms with E-state index in [1.807, 2.05) is 16.9 Å². The van der Waals surface area contributed by atoms with Crippen LogP contribution in [-0.4, -0.2) is 38.3 Å². The van der Waals surface area contributed by atoms with Crippen molar-refractivity contribution < 1.29 is 13.7 Å². The lowest BCUT2D eigenvalue weighted by molar-refractivity contribution is 0.0711. The lowest BCUT2D eigenvalue weighted by Gasteiger charge is -2.23. The van der Waals surface area contributed by atoms with Crippen LogP contribution in [0.3, 0.4) is 0 Å². The number of aromatic nitrogens is 3. The molecule has 1 amide bonds. The molecule has 1 aliphatic rings. The van der Waals surface area contributed by atoms with Crippen molar-refractivity contribution in [3.63, 3.8) is 0 Å². The van der Waals surface area contributed by atoms with Crippen LogP contribution in [0.2, 0.25) is 0 Å². The average Bonchev–Trinajstić information content (AvgIpc) is 3.37. The highest BCUT2D eigenvalue weighted by molar-refractivity contribution is 5.93. The summed E-state index contributed by atoms with van der Waals surface area (Å²) in [5.74, 6) is -0.347. The number of halogens is 1. The first-order valence-corrected chi connectivity index (χ1v) is 8.22. The van der Waals surface area contributed by atoms with Gasteiger partial charge in [-0.3, -0.25) is 9.48 Å². The van der Waals surface area contributed by atoms with Crippen molar-refractivity contribution in [1.29, 1.82) is 0 Å². The van der Waals surface area contributed by atoms with Gasteiger partial charge in [0.25, 0.3) is 5.91 Å². The minimum Gasteiger partial charge on any atom is -0.355 e. The molecule has 1 aliphatic heterocycles. The van der Waals surface area contributed by atoms with Crippen LogP contribution in [0.15, 0.2) is 53.3 Å². The molecular weight excluding hydrogens is 323 g/mol. The summed E-state index contributed by atoms with van der Waals surface area (Å²) in [5, 5.41) is 8.06. The monoisotopic (exact) mass is 340 g/mol. The molecule has 1 aromatic carbocycles. The van der Waals surface area contributed by atoms with Crippen molar-refractivity contribution in [2.24, 2.45) is 0 Å². The molecule has 0 N–H and O–H groups in total. The second kappa shape index (κ2) is 6.51.